The molecule has 0 atom stereocenters. The van der Waals surface area contributed by atoms with E-state index >= 15 is 0 Å². The van der Waals surface area contributed by atoms with Gasteiger partial charge >= 0.3 is 0 Å². The van der Waals surface area contributed by atoms with Gasteiger partial charge in [-0.1, -0.05) is 140 Å². The first kappa shape index (κ1) is 31.5. The van der Waals surface area contributed by atoms with E-state index in [1.807, 2.05) is 31.2 Å². The van der Waals surface area contributed by atoms with Crippen LogP contribution in [0.3, 0.4) is 0 Å². The normalized spacial score (nSPS) is 13.1. The van der Waals surface area contributed by atoms with Crippen molar-refractivity contribution in [2.45, 2.75) is 26.2 Å². The van der Waals surface area contributed by atoms with E-state index in [9.17, 15) is 0 Å². The molecular weight excluding hydrogens is 633 g/mol. The van der Waals surface area contributed by atoms with Crippen LogP contribution in [0.2, 0.25) is 0 Å². The zero-order valence-electron chi connectivity index (χ0n) is 29.0. The minimum absolute atomic E-state index is 0.721. The van der Waals surface area contributed by atoms with Crippen LogP contribution in [0.4, 0.5) is 0 Å². The van der Waals surface area contributed by atoms with Crippen molar-refractivity contribution < 1.29 is 0 Å². The lowest BCUT2D eigenvalue weighted by molar-refractivity contribution is 0.882. The molecule has 0 saturated carbocycles. The molecule has 0 amide bonds. The second-order valence-corrected chi connectivity index (χ2v) is 13.4. The summed E-state index contributed by atoms with van der Waals surface area (Å²) >= 11 is 0. The number of pyridine rings is 2. The average Bonchev–Trinajstić information content (AvgIpc) is 3.48. The predicted molar refractivity (Wildman–Crippen MR) is 215 cm³/mol. The highest BCUT2D eigenvalue weighted by Crippen LogP contribution is 2.37. The molecule has 9 rings (SSSR count). The SMILES string of the molecule is Cc1ccc2ccc3c(-c4ccccc4)cc(C4=CCCCC(c5cc(-c6ccc(-c7ccccc7)cc6)nc(-c6ccccc6)n5)=C4)nc3c2n1. The number of hydrogen-bond acceptors (Lipinski definition) is 4. The molecule has 0 fully saturated rings. The summed E-state index contributed by atoms with van der Waals surface area (Å²) in [4.78, 5) is 20.7. The van der Waals surface area contributed by atoms with Gasteiger partial charge in [-0.2, -0.15) is 0 Å². The minimum atomic E-state index is 0.721. The number of hydrogen-bond donors (Lipinski definition) is 0. The number of aromatic nitrogens is 4. The number of rotatable bonds is 6. The Balaban J connectivity index is 1.19. The van der Waals surface area contributed by atoms with Crippen LogP contribution in [-0.4, -0.2) is 19.9 Å². The molecule has 0 N–H and O–H groups in total. The first-order valence-electron chi connectivity index (χ1n) is 17.9. The smallest absolute Gasteiger partial charge is 0.160 e. The quantitative estimate of drug-likeness (QED) is 0.166. The average molecular weight is 669 g/mol. The van der Waals surface area contributed by atoms with E-state index in [0.29, 0.717) is 0 Å². The number of benzene rings is 5. The van der Waals surface area contributed by atoms with Crippen molar-refractivity contribution in [1.82, 2.24) is 19.9 Å². The van der Waals surface area contributed by atoms with Crippen LogP contribution in [0.5, 0.6) is 0 Å². The molecule has 3 aromatic heterocycles. The van der Waals surface area contributed by atoms with Crippen molar-refractivity contribution in [2.75, 3.05) is 0 Å². The zero-order chi connectivity index (χ0) is 34.9. The molecule has 0 radical (unpaired) electrons. The summed E-state index contributed by atoms with van der Waals surface area (Å²) in [6, 6.07) is 53.0. The summed E-state index contributed by atoms with van der Waals surface area (Å²) < 4.78 is 0. The van der Waals surface area contributed by atoms with E-state index in [1.165, 1.54) is 16.7 Å². The fraction of sp³-hybridized carbons (Fsp3) is 0.0833. The lowest BCUT2D eigenvalue weighted by Crippen LogP contribution is -1.99. The van der Waals surface area contributed by atoms with Gasteiger partial charge in [-0.05, 0) is 83.9 Å². The molecule has 1 aliphatic rings. The maximum absolute atomic E-state index is 5.38. The van der Waals surface area contributed by atoms with Crippen molar-refractivity contribution in [1.29, 1.82) is 0 Å². The Morgan fingerprint density at radius 3 is 1.87 bits per heavy atom. The highest BCUT2D eigenvalue weighted by atomic mass is 14.9. The first-order valence-corrected chi connectivity index (χ1v) is 17.9. The minimum Gasteiger partial charge on any atom is -0.251 e. The topological polar surface area (TPSA) is 51.6 Å². The van der Waals surface area contributed by atoms with Crippen LogP contribution in [0.15, 0.2) is 164 Å². The van der Waals surface area contributed by atoms with E-state index in [2.05, 4.69) is 140 Å². The Labute approximate surface area is 303 Å². The third-order valence-corrected chi connectivity index (χ3v) is 9.88. The van der Waals surface area contributed by atoms with E-state index in [4.69, 9.17) is 19.9 Å². The molecule has 0 aliphatic heterocycles. The molecular formula is C48H36N4. The van der Waals surface area contributed by atoms with Crippen LogP contribution >= 0.6 is 0 Å². The van der Waals surface area contributed by atoms with Gasteiger partial charge in [0.15, 0.2) is 5.82 Å². The van der Waals surface area contributed by atoms with Gasteiger partial charge in [-0.3, -0.25) is 4.98 Å². The molecule has 1 aliphatic carbocycles. The summed E-state index contributed by atoms with van der Waals surface area (Å²) in [6.07, 6.45) is 7.51. The van der Waals surface area contributed by atoms with Gasteiger partial charge in [0.25, 0.3) is 0 Å². The van der Waals surface area contributed by atoms with Crippen LogP contribution < -0.4 is 0 Å². The molecule has 0 spiro atoms. The summed E-state index contributed by atoms with van der Waals surface area (Å²) in [5, 5.41) is 2.19. The fourth-order valence-electron chi connectivity index (χ4n) is 7.16. The van der Waals surface area contributed by atoms with E-state index in [1.54, 1.807) is 0 Å². The van der Waals surface area contributed by atoms with Crippen LogP contribution in [0, 0.1) is 6.92 Å². The molecule has 0 bridgehead atoms. The maximum Gasteiger partial charge on any atom is 0.160 e. The summed E-state index contributed by atoms with van der Waals surface area (Å²) in [7, 11) is 0. The largest absolute Gasteiger partial charge is 0.251 e. The fourth-order valence-corrected chi connectivity index (χ4v) is 7.16. The Morgan fingerprint density at radius 1 is 0.481 bits per heavy atom. The molecule has 8 aromatic rings. The zero-order valence-corrected chi connectivity index (χ0v) is 29.0. The summed E-state index contributed by atoms with van der Waals surface area (Å²) in [6.45, 7) is 2.04. The molecule has 4 nitrogen and oxygen atoms in total. The van der Waals surface area contributed by atoms with Gasteiger partial charge < -0.3 is 0 Å². The monoisotopic (exact) mass is 668 g/mol. The molecule has 4 heteroatoms. The maximum atomic E-state index is 5.38. The second-order valence-electron chi connectivity index (χ2n) is 13.4. The number of aryl methyl sites for hydroxylation is 1. The Kier molecular flexibility index (Phi) is 8.26. The number of allylic oxidation sites excluding steroid dienone is 4. The highest BCUT2D eigenvalue weighted by Gasteiger charge is 2.18. The van der Waals surface area contributed by atoms with Gasteiger partial charge in [0.05, 0.1) is 28.1 Å². The van der Waals surface area contributed by atoms with Crippen LogP contribution in [-0.2, 0) is 0 Å². The van der Waals surface area contributed by atoms with E-state index in [0.717, 1.165) is 97.5 Å². The van der Waals surface area contributed by atoms with Crippen LogP contribution in [0.1, 0.15) is 36.3 Å². The first-order chi connectivity index (χ1) is 25.7. The molecule has 3 heterocycles. The lowest BCUT2D eigenvalue weighted by Gasteiger charge is -2.14. The third kappa shape index (κ3) is 6.20. The van der Waals surface area contributed by atoms with Crippen molar-refractivity contribution in [3.05, 3.63) is 181 Å². The summed E-state index contributed by atoms with van der Waals surface area (Å²) in [5.74, 6) is 0.721. The van der Waals surface area contributed by atoms with Crippen molar-refractivity contribution in [2.24, 2.45) is 0 Å². The number of fused-ring (bicyclic) bond motifs is 3. The van der Waals surface area contributed by atoms with Gasteiger partial charge in [-0.15, -0.1) is 0 Å². The molecule has 52 heavy (non-hydrogen) atoms. The molecule has 0 unspecified atom stereocenters. The van der Waals surface area contributed by atoms with Crippen molar-refractivity contribution in [3.8, 4) is 44.9 Å². The number of nitrogens with zero attached hydrogens (tertiary/aromatic N) is 4. The van der Waals surface area contributed by atoms with Gasteiger partial charge in [0.1, 0.15) is 0 Å². The third-order valence-electron chi connectivity index (χ3n) is 9.88. The highest BCUT2D eigenvalue weighted by molar-refractivity contribution is 6.09. The molecule has 0 saturated heterocycles. The van der Waals surface area contributed by atoms with Gasteiger partial charge in [-0.25, -0.2) is 15.0 Å². The standard InChI is InChI=1S/C48H36N4/c1-32-21-22-37-27-28-41-42(35-15-7-3-8-16-35)30-43(50-47(41)46(37)49-32)39-19-11-12-20-40(29-39)45-31-44(51-48(52-45)38-17-9-4-10-18-38)36-25-23-34(24-26-36)33-13-5-2-6-14-33/h2-10,13-19,21-31H,11-12,20H2,1H3. The summed E-state index contributed by atoms with van der Waals surface area (Å²) in [5.41, 5.74) is 14.6. The Morgan fingerprint density at radius 2 is 1.12 bits per heavy atom. The van der Waals surface area contributed by atoms with Crippen LogP contribution in [0.25, 0.3) is 77.9 Å². The van der Waals surface area contributed by atoms with E-state index in [-0.39, 0.29) is 0 Å². The van der Waals surface area contributed by atoms with Gasteiger partial charge in [0.2, 0.25) is 0 Å². The molecule has 5 aromatic carbocycles. The second kappa shape index (κ2) is 13.7. The van der Waals surface area contributed by atoms with Gasteiger partial charge in [0, 0.05) is 27.6 Å². The van der Waals surface area contributed by atoms with E-state index < -0.39 is 0 Å². The van der Waals surface area contributed by atoms with Crippen molar-refractivity contribution >= 4 is 33.0 Å². The predicted octanol–water partition coefficient (Wildman–Crippen LogP) is 12.2. The molecule has 248 valence electrons. The Bertz CT molecular complexity index is 2630. The lowest BCUT2D eigenvalue weighted by atomic mass is 9.96. The Hall–Kier alpha value is -6.52. The van der Waals surface area contributed by atoms with Crippen molar-refractivity contribution in [3.63, 3.8) is 0 Å².